The van der Waals surface area contributed by atoms with Crippen molar-refractivity contribution in [3.63, 3.8) is 0 Å². The summed E-state index contributed by atoms with van der Waals surface area (Å²) in [6.07, 6.45) is 2.63. The summed E-state index contributed by atoms with van der Waals surface area (Å²) in [5, 5.41) is 12.5. The van der Waals surface area contributed by atoms with Gasteiger partial charge in [0.1, 0.15) is 17.1 Å². The highest BCUT2D eigenvalue weighted by Crippen LogP contribution is 2.33. The second kappa shape index (κ2) is 8.02. The van der Waals surface area contributed by atoms with Crippen LogP contribution in [0.5, 0.6) is 11.5 Å². The molecule has 1 heterocycles. The van der Waals surface area contributed by atoms with Crippen molar-refractivity contribution in [2.45, 2.75) is 26.7 Å². The standard InChI is InChI=1S/C17H19ClN2O5/c1-3-5-6-20-16(23)11(15(22)19-17(20)24)7-10-8-12(18)14(25-4-2)9-13(10)21/h7-9,21H,3-6H2,1-2H3,(H,19,22,24)/b11-7+. The first kappa shape index (κ1) is 18.8. The van der Waals surface area contributed by atoms with Gasteiger partial charge in [0.15, 0.2) is 0 Å². The van der Waals surface area contributed by atoms with Crippen molar-refractivity contribution in [3.05, 3.63) is 28.3 Å². The van der Waals surface area contributed by atoms with Crippen molar-refractivity contribution in [1.82, 2.24) is 10.2 Å². The lowest BCUT2D eigenvalue weighted by Gasteiger charge is -2.26. The first-order valence-electron chi connectivity index (χ1n) is 7.93. The van der Waals surface area contributed by atoms with Gasteiger partial charge in [0.2, 0.25) is 0 Å². The van der Waals surface area contributed by atoms with Gasteiger partial charge in [0.25, 0.3) is 11.8 Å². The minimum Gasteiger partial charge on any atom is -0.507 e. The monoisotopic (exact) mass is 366 g/mol. The highest BCUT2D eigenvalue weighted by atomic mass is 35.5. The van der Waals surface area contributed by atoms with Crippen LogP contribution in [0.1, 0.15) is 32.3 Å². The average molecular weight is 367 g/mol. The molecule has 4 amide bonds. The van der Waals surface area contributed by atoms with Crippen LogP contribution >= 0.6 is 11.6 Å². The Morgan fingerprint density at radius 1 is 1.28 bits per heavy atom. The number of rotatable bonds is 6. The number of benzene rings is 1. The Hall–Kier alpha value is -2.54. The van der Waals surface area contributed by atoms with Crippen molar-refractivity contribution in [2.24, 2.45) is 0 Å². The maximum absolute atomic E-state index is 12.5. The number of ether oxygens (including phenoxy) is 1. The number of carbonyl (C=O) groups excluding carboxylic acids is 3. The molecule has 2 rings (SSSR count). The number of carbonyl (C=O) groups is 3. The fourth-order valence-electron chi connectivity index (χ4n) is 2.31. The third-order valence-electron chi connectivity index (χ3n) is 3.60. The molecule has 0 aliphatic carbocycles. The largest absolute Gasteiger partial charge is 0.507 e. The number of imide groups is 2. The van der Waals surface area contributed by atoms with E-state index in [9.17, 15) is 19.5 Å². The SMILES string of the molecule is CCCCN1C(=O)NC(=O)/C(=C\c2cc(Cl)c(OCC)cc2O)C1=O. The number of unbranched alkanes of at least 4 members (excludes halogenated alkanes) is 1. The Balaban J connectivity index is 2.38. The van der Waals surface area contributed by atoms with Gasteiger partial charge in [-0.25, -0.2) is 4.79 Å². The lowest BCUT2D eigenvalue weighted by Crippen LogP contribution is -2.54. The van der Waals surface area contributed by atoms with Crippen LogP contribution in [-0.2, 0) is 9.59 Å². The van der Waals surface area contributed by atoms with Crippen LogP contribution in [0.15, 0.2) is 17.7 Å². The van der Waals surface area contributed by atoms with Crippen LogP contribution in [0.4, 0.5) is 4.79 Å². The number of hydrogen-bond acceptors (Lipinski definition) is 5. The minimum atomic E-state index is -0.813. The Morgan fingerprint density at radius 2 is 2.00 bits per heavy atom. The molecule has 0 aromatic heterocycles. The number of halogens is 1. The molecule has 134 valence electrons. The van der Waals surface area contributed by atoms with E-state index >= 15 is 0 Å². The van der Waals surface area contributed by atoms with Crippen LogP contribution in [0.25, 0.3) is 6.08 Å². The predicted molar refractivity (Wildman–Crippen MR) is 92.4 cm³/mol. The summed E-state index contributed by atoms with van der Waals surface area (Å²) >= 11 is 6.08. The number of phenolic OH excluding ortho intramolecular Hbond substituents is 1. The summed E-state index contributed by atoms with van der Waals surface area (Å²) in [5.74, 6) is -1.42. The molecule has 1 aromatic rings. The van der Waals surface area contributed by atoms with E-state index in [0.29, 0.717) is 18.8 Å². The number of hydrogen-bond donors (Lipinski definition) is 2. The molecule has 1 fully saturated rings. The molecule has 0 bridgehead atoms. The number of nitrogens with zero attached hydrogens (tertiary/aromatic N) is 1. The number of phenols is 1. The molecular weight excluding hydrogens is 348 g/mol. The zero-order valence-corrected chi connectivity index (χ0v) is 14.7. The topological polar surface area (TPSA) is 95.9 Å². The highest BCUT2D eigenvalue weighted by Gasteiger charge is 2.35. The number of urea groups is 1. The molecule has 0 unspecified atom stereocenters. The van der Waals surface area contributed by atoms with Crippen molar-refractivity contribution >= 4 is 35.5 Å². The molecule has 0 saturated carbocycles. The number of aromatic hydroxyl groups is 1. The second-order valence-corrected chi connectivity index (χ2v) is 5.81. The van der Waals surface area contributed by atoms with Crippen LogP contribution in [0.2, 0.25) is 5.02 Å². The fraction of sp³-hybridized carbons (Fsp3) is 0.353. The fourth-order valence-corrected chi connectivity index (χ4v) is 2.54. The Labute approximate surface area is 150 Å². The van der Waals surface area contributed by atoms with E-state index in [4.69, 9.17) is 16.3 Å². The number of amides is 4. The first-order valence-corrected chi connectivity index (χ1v) is 8.31. The highest BCUT2D eigenvalue weighted by molar-refractivity contribution is 6.33. The molecule has 2 N–H and O–H groups in total. The number of nitrogens with one attached hydrogen (secondary N) is 1. The summed E-state index contributed by atoms with van der Waals surface area (Å²) in [5.41, 5.74) is -0.0667. The van der Waals surface area contributed by atoms with Gasteiger partial charge < -0.3 is 9.84 Å². The Morgan fingerprint density at radius 3 is 2.64 bits per heavy atom. The lowest BCUT2D eigenvalue weighted by atomic mass is 10.1. The molecule has 1 aliphatic heterocycles. The summed E-state index contributed by atoms with van der Waals surface area (Å²) in [7, 11) is 0. The zero-order chi connectivity index (χ0) is 18.6. The third kappa shape index (κ3) is 4.11. The average Bonchev–Trinajstić information content (AvgIpc) is 2.55. The summed E-state index contributed by atoms with van der Waals surface area (Å²) in [6, 6.07) is 1.96. The van der Waals surface area contributed by atoms with Gasteiger partial charge in [-0.3, -0.25) is 19.8 Å². The maximum Gasteiger partial charge on any atom is 0.331 e. The smallest absolute Gasteiger partial charge is 0.331 e. The van der Waals surface area contributed by atoms with Crippen LogP contribution in [-0.4, -0.2) is 41.0 Å². The molecule has 1 saturated heterocycles. The summed E-state index contributed by atoms with van der Waals surface area (Å²) in [4.78, 5) is 37.3. The molecule has 0 atom stereocenters. The molecule has 25 heavy (non-hydrogen) atoms. The van der Waals surface area contributed by atoms with Gasteiger partial charge >= 0.3 is 6.03 Å². The number of barbiturate groups is 1. The first-order chi connectivity index (χ1) is 11.9. The van der Waals surface area contributed by atoms with Gasteiger partial charge in [0.05, 0.1) is 11.6 Å². The van der Waals surface area contributed by atoms with Crippen LogP contribution in [0, 0.1) is 0 Å². The van der Waals surface area contributed by atoms with Crippen LogP contribution in [0.3, 0.4) is 0 Å². The van der Waals surface area contributed by atoms with Crippen molar-refractivity contribution < 1.29 is 24.2 Å². The van der Waals surface area contributed by atoms with Gasteiger partial charge in [0, 0.05) is 18.2 Å². The maximum atomic E-state index is 12.5. The summed E-state index contributed by atoms with van der Waals surface area (Å²) in [6.45, 7) is 4.28. The third-order valence-corrected chi connectivity index (χ3v) is 3.90. The van der Waals surface area contributed by atoms with E-state index in [2.05, 4.69) is 5.32 Å². The van der Waals surface area contributed by atoms with E-state index in [0.717, 1.165) is 11.3 Å². The van der Waals surface area contributed by atoms with E-state index in [1.807, 2.05) is 6.92 Å². The van der Waals surface area contributed by atoms with Crippen LogP contribution < -0.4 is 10.1 Å². The molecule has 1 aliphatic rings. The molecule has 8 heteroatoms. The molecular formula is C17H19ClN2O5. The van der Waals surface area contributed by atoms with E-state index < -0.39 is 17.8 Å². The van der Waals surface area contributed by atoms with Gasteiger partial charge in [-0.2, -0.15) is 0 Å². The quantitative estimate of drug-likeness (QED) is 0.596. The lowest BCUT2D eigenvalue weighted by molar-refractivity contribution is -0.130. The Bertz CT molecular complexity index is 745. The van der Waals surface area contributed by atoms with E-state index in [1.165, 1.54) is 18.2 Å². The molecule has 0 spiro atoms. The summed E-state index contributed by atoms with van der Waals surface area (Å²) < 4.78 is 5.27. The van der Waals surface area contributed by atoms with E-state index in [1.54, 1.807) is 6.92 Å². The predicted octanol–water partition coefficient (Wildman–Crippen LogP) is 2.71. The zero-order valence-electron chi connectivity index (χ0n) is 14.0. The van der Waals surface area contributed by atoms with Gasteiger partial charge in [-0.15, -0.1) is 0 Å². The second-order valence-electron chi connectivity index (χ2n) is 5.40. The van der Waals surface area contributed by atoms with E-state index in [-0.39, 0.29) is 28.5 Å². The van der Waals surface area contributed by atoms with Crippen molar-refractivity contribution in [3.8, 4) is 11.5 Å². The van der Waals surface area contributed by atoms with Crippen molar-refractivity contribution in [1.29, 1.82) is 0 Å². The van der Waals surface area contributed by atoms with Gasteiger partial charge in [-0.1, -0.05) is 24.9 Å². The minimum absolute atomic E-state index is 0.178. The molecule has 7 nitrogen and oxygen atoms in total. The molecule has 1 aromatic carbocycles. The van der Waals surface area contributed by atoms with Crippen molar-refractivity contribution in [2.75, 3.05) is 13.2 Å². The molecule has 0 radical (unpaired) electrons. The Kier molecular flexibility index (Phi) is 6.03. The van der Waals surface area contributed by atoms with Gasteiger partial charge in [-0.05, 0) is 25.5 Å². The normalized spacial score (nSPS) is 16.4.